The van der Waals surface area contributed by atoms with Crippen molar-refractivity contribution >= 4 is 17.0 Å². The molecule has 2 aromatic rings. The minimum Gasteiger partial charge on any atom is -0.478 e. The van der Waals surface area contributed by atoms with Crippen LogP contribution in [-0.2, 0) is 0 Å². The van der Waals surface area contributed by atoms with Crippen LogP contribution in [-0.4, -0.2) is 25.8 Å². The van der Waals surface area contributed by atoms with Gasteiger partial charge in [-0.2, -0.15) is 5.10 Å². The number of carboxylic acid groups (broad SMARTS) is 1. The fourth-order valence-electron chi connectivity index (χ4n) is 1.96. The molecular formula is C11H11N3O2. The Morgan fingerprint density at radius 3 is 2.88 bits per heavy atom. The number of fused-ring (bicyclic) bond motifs is 1. The van der Waals surface area contributed by atoms with E-state index in [1.807, 2.05) is 4.68 Å². The first-order valence-electron chi connectivity index (χ1n) is 5.32. The molecule has 1 N–H and O–H groups in total. The van der Waals surface area contributed by atoms with Crippen LogP contribution in [0.2, 0.25) is 0 Å². The lowest BCUT2D eigenvalue weighted by Gasteiger charge is -2.25. The van der Waals surface area contributed by atoms with Crippen molar-refractivity contribution in [3.8, 4) is 0 Å². The molecule has 1 saturated carbocycles. The predicted octanol–water partition coefficient (Wildman–Crippen LogP) is 1.85. The van der Waals surface area contributed by atoms with Gasteiger partial charge in [0.2, 0.25) is 0 Å². The van der Waals surface area contributed by atoms with Gasteiger partial charge in [-0.1, -0.05) is 0 Å². The van der Waals surface area contributed by atoms with E-state index in [2.05, 4.69) is 10.1 Å². The number of nitrogens with zero attached hydrogens (tertiary/aromatic N) is 3. The van der Waals surface area contributed by atoms with Gasteiger partial charge in [0.05, 0.1) is 17.8 Å². The van der Waals surface area contributed by atoms with Crippen molar-refractivity contribution in [2.24, 2.45) is 0 Å². The summed E-state index contributed by atoms with van der Waals surface area (Å²) in [6, 6.07) is 2.06. The number of aromatic carboxylic acids is 1. The van der Waals surface area contributed by atoms with E-state index in [9.17, 15) is 4.79 Å². The summed E-state index contributed by atoms with van der Waals surface area (Å²) in [4.78, 5) is 15.0. The zero-order chi connectivity index (χ0) is 11.1. The van der Waals surface area contributed by atoms with E-state index in [1.54, 1.807) is 12.3 Å². The van der Waals surface area contributed by atoms with Gasteiger partial charge in [-0.05, 0) is 25.3 Å². The van der Waals surface area contributed by atoms with Gasteiger partial charge in [0.15, 0.2) is 5.65 Å². The first kappa shape index (κ1) is 9.33. The molecule has 0 amide bonds. The summed E-state index contributed by atoms with van der Waals surface area (Å²) in [5, 5.41) is 13.9. The second-order valence-electron chi connectivity index (χ2n) is 4.12. The number of pyridine rings is 1. The Morgan fingerprint density at radius 1 is 1.44 bits per heavy atom. The number of rotatable bonds is 2. The molecular weight excluding hydrogens is 206 g/mol. The Morgan fingerprint density at radius 2 is 2.25 bits per heavy atom. The van der Waals surface area contributed by atoms with Crippen molar-refractivity contribution in [2.45, 2.75) is 25.3 Å². The molecule has 3 rings (SSSR count). The maximum Gasteiger partial charge on any atom is 0.337 e. The van der Waals surface area contributed by atoms with Crippen LogP contribution in [0, 0.1) is 0 Å². The lowest BCUT2D eigenvalue weighted by Crippen LogP contribution is -2.18. The molecule has 0 saturated heterocycles. The van der Waals surface area contributed by atoms with E-state index in [0.717, 1.165) is 23.9 Å². The Hall–Kier alpha value is -1.91. The van der Waals surface area contributed by atoms with E-state index < -0.39 is 5.97 Å². The topological polar surface area (TPSA) is 68.0 Å². The second-order valence-corrected chi connectivity index (χ2v) is 4.12. The van der Waals surface area contributed by atoms with Crippen LogP contribution in [0.1, 0.15) is 35.7 Å². The van der Waals surface area contributed by atoms with Crippen LogP contribution in [0.25, 0.3) is 11.0 Å². The molecule has 82 valence electrons. The summed E-state index contributed by atoms with van der Waals surface area (Å²) in [6.45, 7) is 0. The maximum atomic E-state index is 10.8. The quantitative estimate of drug-likeness (QED) is 0.833. The Bertz CT molecular complexity index is 557. The molecule has 0 spiro atoms. The third kappa shape index (κ3) is 1.28. The number of carbonyl (C=O) groups is 1. The molecule has 2 heterocycles. The monoisotopic (exact) mass is 217 g/mol. The third-order valence-corrected chi connectivity index (χ3v) is 3.10. The van der Waals surface area contributed by atoms with Gasteiger partial charge in [-0.15, -0.1) is 0 Å². The SMILES string of the molecule is O=C(O)c1cnc2c(cnn2C2CCC2)c1. The number of hydrogen-bond donors (Lipinski definition) is 1. The summed E-state index contributed by atoms with van der Waals surface area (Å²) in [6.07, 6.45) is 6.59. The average molecular weight is 217 g/mol. The highest BCUT2D eigenvalue weighted by Gasteiger charge is 2.22. The van der Waals surface area contributed by atoms with Crippen molar-refractivity contribution in [3.63, 3.8) is 0 Å². The minimum atomic E-state index is -0.953. The molecule has 16 heavy (non-hydrogen) atoms. The predicted molar refractivity (Wildman–Crippen MR) is 57.4 cm³/mol. The first-order valence-corrected chi connectivity index (χ1v) is 5.32. The highest BCUT2D eigenvalue weighted by atomic mass is 16.4. The molecule has 0 aliphatic heterocycles. The number of carboxylic acids is 1. The van der Waals surface area contributed by atoms with Crippen molar-refractivity contribution in [1.29, 1.82) is 0 Å². The minimum absolute atomic E-state index is 0.209. The van der Waals surface area contributed by atoms with Gasteiger partial charge in [0.25, 0.3) is 0 Å². The van der Waals surface area contributed by atoms with Gasteiger partial charge < -0.3 is 5.11 Å². The highest BCUT2D eigenvalue weighted by molar-refractivity contribution is 5.91. The molecule has 0 aromatic carbocycles. The molecule has 0 radical (unpaired) electrons. The van der Waals surface area contributed by atoms with Gasteiger partial charge in [-0.3, -0.25) is 0 Å². The van der Waals surface area contributed by atoms with Gasteiger partial charge in [0, 0.05) is 11.6 Å². The van der Waals surface area contributed by atoms with Crippen molar-refractivity contribution in [3.05, 3.63) is 24.0 Å². The molecule has 0 atom stereocenters. The Kier molecular flexibility index (Phi) is 1.92. The standard InChI is InChI=1S/C11H11N3O2/c15-11(16)8-4-7-6-13-14(9-2-1-3-9)10(7)12-5-8/h4-6,9H,1-3H2,(H,15,16). The van der Waals surface area contributed by atoms with Crippen molar-refractivity contribution < 1.29 is 9.90 Å². The molecule has 5 nitrogen and oxygen atoms in total. The van der Waals surface area contributed by atoms with E-state index in [-0.39, 0.29) is 5.56 Å². The van der Waals surface area contributed by atoms with Crippen LogP contribution >= 0.6 is 0 Å². The first-order chi connectivity index (χ1) is 7.75. The van der Waals surface area contributed by atoms with E-state index in [0.29, 0.717) is 6.04 Å². The smallest absolute Gasteiger partial charge is 0.337 e. The largest absolute Gasteiger partial charge is 0.478 e. The van der Waals surface area contributed by atoms with Crippen LogP contribution in [0.5, 0.6) is 0 Å². The van der Waals surface area contributed by atoms with Crippen LogP contribution in [0.4, 0.5) is 0 Å². The summed E-state index contributed by atoms with van der Waals surface area (Å²) in [7, 11) is 0. The van der Waals surface area contributed by atoms with Gasteiger partial charge in [-0.25, -0.2) is 14.5 Å². The molecule has 1 fully saturated rings. The zero-order valence-electron chi connectivity index (χ0n) is 8.63. The normalized spacial score (nSPS) is 16.2. The molecule has 1 aliphatic carbocycles. The maximum absolute atomic E-state index is 10.8. The van der Waals surface area contributed by atoms with Crippen LogP contribution < -0.4 is 0 Å². The van der Waals surface area contributed by atoms with E-state index in [4.69, 9.17) is 5.11 Å². The molecule has 1 aliphatic rings. The molecule has 0 unspecified atom stereocenters. The van der Waals surface area contributed by atoms with Crippen molar-refractivity contribution in [2.75, 3.05) is 0 Å². The summed E-state index contributed by atoms with van der Waals surface area (Å²) >= 11 is 0. The van der Waals surface area contributed by atoms with Gasteiger partial charge >= 0.3 is 5.97 Å². The van der Waals surface area contributed by atoms with Crippen LogP contribution in [0.3, 0.4) is 0 Å². The number of aromatic nitrogens is 3. The molecule has 2 aromatic heterocycles. The zero-order valence-corrected chi connectivity index (χ0v) is 8.63. The summed E-state index contributed by atoms with van der Waals surface area (Å²) in [5.41, 5.74) is 0.996. The lowest BCUT2D eigenvalue weighted by atomic mass is 9.93. The third-order valence-electron chi connectivity index (χ3n) is 3.10. The van der Waals surface area contributed by atoms with Crippen molar-refractivity contribution in [1.82, 2.24) is 14.8 Å². The second kappa shape index (κ2) is 3.30. The number of hydrogen-bond acceptors (Lipinski definition) is 3. The highest BCUT2D eigenvalue weighted by Crippen LogP contribution is 2.32. The summed E-state index contributed by atoms with van der Waals surface area (Å²) in [5.74, 6) is -0.953. The lowest BCUT2D eigenvalue weighted by molar-refractivity contribution is 0.0696. The summed E-state index contributed by atoms with van der Waals surface area (Å²) < 4.78 is 1.91. The Labute approximate surface area is 91.7 Å². The van der Waals surface area contributed by atoms with Crippen LogP contribution in [0.15, 0.2) is 18.5 Å². The molecule has 0 bridgehead atoms. The average Bonchev–Trinajstić information content (AvgIpc) is 2.59. The Balaban J connectivity index is 2.10. The fourth-order valence-corrected chi connectivity index (χ4v) is 1.96. The fraction of sp³-hybridized carbons (Fsp3) is 0.364. The van der Waals surface area contributed by atoms with E-state index in [1.165, 1.54) is 12.6 Å². The molecule has 5 heteroatoms. The van der Waals surface area contributed by atoms with E-state index >= 15 is 0 Å². The van der Waals surface area contributed by atoms with Gasteiger partial charge in [0.1, 0.15) is 0 Å².